The lowest BCUT2D eigenvalue weighted by Crippen LogP contribution is -1.97. The molecule has 74 valence electrons. The highest BCUT2D eigenvalue weighted by atomic mass is 32.3. The highest BCUT2D eigenvalue weighted by Crippen LogP contribution is 1.82. The van der Waals surface area contributed by atoms with Crippen LogP contribution < -0.4 is 0 Å². The van der Waals surface area contributed by atoms with Crippen molar-refractivity contribution in [3.63, 3.8) is 0 Å². The lowest BCUT2D eigenvalue weighted by atomic mass is 10.4. The van der Waals surface area contributed by atoms with Crippen molar-refractivity contribution < 1.29 is 32.5 Å². The Kier molecular flexibility index (Phi) is 8.06. The van der Waals surface area contributed by atoms with Gasteiger partial charge in [-0.2, -0.15) is 8.42 Å². The average Bonchev–Trinajstić information content (AvgIpc) is 1.87. The fraction of sp³-hybridized carbons (Fsp3) is 0.750. The number of rotatable bonds is 3. The van der Waals surface area contributed by atoms with Crippen LogP contribution in [0.5, 0.6) is 0 Å². The molecule has 0 aromatic carbocycles. The van der Waals surface area contributed by atoms with Gasteiger partial charge in [-0.1, -0.05) is 11.3 Å². The maximum Gasteiger partial charge on any atom is 0.423 e. The first kappa shape index (κ1) is 13.9. The van der Waals surface area contributed by atoms with Gasteiger partial charge in [0.25, 0.3) is 0 Å². The van der Waals surface area contributed by atoms with Gasteiger partial charge in [-0.15, -0.1) is 0 Å². The summed E-state index contributed by atoms with van der Waals surface area (Å²) < 4.78 is 28.0. The molecule has 0 unspecified atom stereocenters. The maximum atomic E-state index is 9.60. The van der Waals surface area contributed by atoms with Crippen LogP contribution in [0.2, 0.25) is 0 Å². The molecule has 0 bridgehead atoms. The quantitative estimate of drug-likeness (QED) is 0.338. The van der Waals surface area contributed by atoms with E-state index in [4.69, 9.17) is 23.3 Å². The molecule has 3 N–H and O–H groups in total. The second-order valence-corrected chi connectivity index (χ2v) is 2.65. The number of carboxylic acids is 1. The highest BCUT2D eigenvalue weighted by Gasteiger charge is 1.97. The maximum absolute atomic E-state index is 9.60. The summed E-state index contributed by atoms with van der Waals surface area (Å²) in [6.07, 6.45) is 1.02. The van der Waals surface area contributed by atoms with E-state index < -0.39 is 16.4 Å². The highest BCUT2D eigenvalue weighted by molar-refractivity contribution is 7.80. The lowest BCUT2D eigenvalue weighted by Gasteiger charge is -1.79. The Balaban J connectivity index is 0. The molecule has 0 rings (SSSR count). The third kappa shape index (κ3) is 22.8. The van der Waals surface area contributed by atoms with Crippen LogP contribution in [-0.2, 0) is 19.5 Å². The first-order valence-corrected chi connectivity index (χ1v) is 4.22. The Labute approximate surface area is 69.5 Å². The van der Waals surface area contributed by atoms with Crippen molar-refractivity contribution in [2.75, 3.05) is 0 Å². The van der Waals surface area contributed by atoms with E-state index in [9.17, 15) is 4.79 Å². The summed E-state index contributed by atoms with van der Waals surface area (Å²) in [7, 11) is -4.61. The van der Waals surface area contributed by atoms with Gasteiger partial charge in [0.1, 0.15) is 0 Å². The molecule has 0 aromatic rings. The SMILES string of the molecule is CCCC(=O)O.O=S(=O)(O)OO. The minimum atomic E-state index is -4.61. The van der Waals surface area contributed by atoms with Crippen LogP contribution in [-0.4, -0.2) is 29.3 Å². The Bertz CT molecular complexity index is 205. The van der Waals surface area contributed by atoms with E-state index in [2.05, 4.69) is 4.33 Å². The van der Waals surface area contributed by atoms with Gasteiger partial charge in [0.05, 0.1) is 0 Å². The summed E-state index contributed by atoms with van der Waals surface area (Å²) in [5.74, 6) is -0.711. The van der Waals surface area contributed by atoms with Gasteiger partial charge in [-0.25, -0.2) is 5.26 Å². The minimum Gasteiger partial charge on any atom is -0.481 e. The van der Waals surface area contributed by atoms with Crippen molar-refractivity contribution in [3.8, 4) is 0 Å². The summed E-state index contributed by atoms with van der Waals surface area (Å²) in [4.78, 5) is 9.60. The van der Waals surface area contributed by atoms with Crippen molar-refractivity contribution in [3.05, 3.63) is 0 Å². The molecule has 0 saturated heterocycles. The third-order valence-corrected chi connectivity index (χ3v) is 0.746. The predicted octanol–water partition coefficient (Wildman–Crippen LogP) is 0.150. The van der Waals surface area contributed by atoms with Gasteiger partial charge in [-0.3, -0.25) is 9.35 Å². The molecular weight excluding hydrogens is 192 g/mol. The van der Waals surface area contributed by atoms with Crippen molar-refractivity contribution in [2.45, 2.75) is 19.8 Å². The van der Waals surface area contributed by atoms with Gasteiger partial charge >= 0.3 is 16.4 Å². The molecular formula is C4H10O7S. The molecule has 0 saturated carbocycles. The molecule has 0 aliphatic rings. The summed E-state index contributed by atoms with van der Waals surface area (Å²) in [5, 5.41) is 15.0. The van der Waals surface area contributed by atoms with Gasteiger partial charge in [0.15, 0.2) is 0 Å². The van der Waals surface area contributed by atoms with Gasteiger partial charge in [0.2, 0.25) is 0 Å². The average molecular weight is 202 g/mol. The molecule has 0 amide bonds. The Morgan fingerprint density at radius 3 is 1.83 bits per heavy atom. The molecule has 0 radical (unpaired) electrons. The van der Waals surface area contributed by atoms with E-state index in [1.165, 1.54) is 0 Å². The summed E-state index contributed by atoms with van der Waals surface area (Å²) >= 11 is 0. The van der Waals surface area contributed by atoms with E-state index >= 15 is 0 Å². The number of hydrogen-bond donors (Lipinski definition) is 3. The first-order valence-electron chi connectivity index (χ1n) is 2.85. The van der Waals surface area contributed by atoms with Crippen LogP contribution in [0.4, 0.5) is 0 Å². The molecule has 0 aliphatic heterocycles. The molecule has 0 aliphatic carbocycles. The number of aliphatic carboxylic acids is 1. The number of carbonyl (C=O) groups is 1. The Morgan fingerprint density at radius 1 is 1.50 bits per heavy atom. The van der Waals surface area contributed by atoms with Crippen LogP contribution in [0, 0.1) is 0 Å². The van der Waals surface area contributed by atoms with E-state index in [0.717, 1.165) is 6.42 Å². The van der Waals surface area contributed by atoms with E-state index in [1.807, 2.05) is 6.92 Å². The van der Waals surface area contributed by atoms with Gasteiger partial charge < -0.3 is 5.11 Å². The van der Waals surface area contributed by atoms with Crippen LogP contribution >= 0.6 is 0 Å². The largest absolute Gasteiger partial charge is 0.481 e. The molecule has 12 heavy (non-hydrogen) atoms. The third-order valence-electron chi connectivity index (χ3n) is 0.558. The zero-order valence-corrected chi connectivity index (χ0v) is 7.11. The van der Waals surface area contributed by atoms with Crippen LogP contribution in [0.25, 0.3) is 0 Å². The first-order chi connectivity index (χ1) is 5.33. The van der Waals surface area contributed by atoms with Crippen molar-refractivity contribution in [1.82, 2.24) is 0 Å². The van der Waals surface area contributed by atoms with Crippen molar-refractivity contribution >= 4 is 16.4 Å². The zero-order valence-electron chi connectivity index (χ0n) is 6.30. The standard InChI is InChI=1S/C4H8O2.H2O5S/c1-2-3-4(5)6;1-5-6(2,3)4/h2-3H2,1H3,(H,5,6);1H,(H,2,3,4). The predicted molar refractivity (Wildman–Crippen MR) is 37.8 cm³/mol. The van der Waals surface area contributed by atoms with Crippen LogP contribution in [0.1, 0.15) is 19.8 Å². The van der Waals surface area contributed by atoms with Crippen LogP contribution in [0.3, 0.4) is 0 Å². The second kappa shape index (κ2) is 6.98. The Morgan fingerprint density at radius 2 is 1.83 bits per heavy atom. The molecule has 0 heterocycles. The zero-order chi connectivity index (χ0) is 10.2. The Hall–Kier alpha value is -0.700. The van der Waals surface area contributed by atoms with E-state index in [0.29, 0.717) is 6.42 Å². The molecule has 0 spiro atoms. The van der Waals surface area contributed by atoms with E-state index in [-0.39, 0.29) is 0 Å². The summed E-state index contributed by atoms with van der Waals surface area (Å²) in [6, 6.07) is 0. The molecule has 0 aromatic heterocycles. The number of hydrogen-bond acceptors (Lipinski definition) is 5. The second-order valence-electron chi connectivity index (χ2n) is 1.65. The normalized spacial score (nSPS) is 9.92. The topological polar surface area (TPSA) is 121 Å². The van der Waals surface area contributed by atoms with Crippen molar-refractivity contribution in [2.24, 2.45) is 0 Å². The molecule has 8 heteroatoms. The van der Waals surface area contributed by atoms with E-state index in [1.54, 1.807) is 0 Å². The van der Waals surface area contributed by atoms with Crippen molar-refractivity contribution in [1.29, 1.82) is 0 Å². The smallest absolute Gasteiger partial charge is 0.423 e. The van der Waals surface area contributed by atoms with Crippen LogP contribution in [0.15, 0.2) is 0 Å². The fourth-order valence-electron chi connectivity index (χ4n) is 0.214. The number of carboxylic acid groups (broad SMARTS) is 1. The summed E-state index contributed by atoms with van der Waals surface area (Å²) in [6.45, 7) is 1.84. The fourth-order valence-corrected chi connectivity index (χ4v) is 0.214. The molecule has 0 atom stereocenters. The minimum absolute atomic E-state index is 0.292. The molecule has 0 fully saturated rings. The van der Waals surface area contributed by atoms with Gasteiger partial charge in [0, 0.05) is 6.42 Å². The monoisotopic (exact) mass is 202 g/mol. The molecule has 7 nitrogen and oxygen atoms in total. The summed E-state index contributed by atoms with van der Waals surface area (Å²) in [5.41, 5.74) is 0. The lowest BCUT2D eigenvalue weighted by molar-refractivity contribution is -0.139. The van der Waals surface area contributed by atoms with Gasteiger partial charge in [-0.05, 0) is 6.42 Å².